The van der Waals surface area contributed by atoms with Gasteiger partial charge in [0.15, 0.2) is 10.8 Å². The summed E-state index contributed by atoms with van der Waals surface area (Å²) >= 11 is 1.65. The minimum atomic E-state index is -0.550. The molecule has 30 heavy (non-hydrogen) atoms. The minimum Gasteiger partial charge on any atom is -0.365 e. The summed E-state index contributed by atoms with van der Waals surface area (Å²) in [7, 11) is 0. The molecule has 0 saturated carbocycles. The maximum atomic E-state index is 12.8. The first-order valence-electron chi connectivity index (χ1n) is 9.93. The fourth-order valence-electron chi connectivity index (χ4n) is 3.87. The fourth-order valence-corrected chi connectivity index (χ4v) is 4.73. The molecule has 4 heterocycles. The number of nitrogens with two attached hydrogens (primary N) is 1. The molecule has 0 radical (unpaired) electrons. The number of fused-ring (bicyclic) bond motifs is 1. The number of aryl methyl sites for hydroxylation is 3. The van der Waals surface area contributed by atoms with E-state index >= 15 is 0 Å². The SMILES string of the molecule is Cc1csc(N2CCN(C(=O)CCc3c(C)nc4c(C(N)=O)cnn4c3C)CC2)n1. The molecule has 0 aliphatic carbocycles. The Labute approximate surface area is 178 Å². The summed E-state index contributed by atoms with van der Waals surface area (Å²) in [5, 5.41) is 7.32. The van der Waals surface area contributed by atoms with E-state index in [-0.39, 0.29) is 5.91 Å². The molecule has 2 N–H and O–H groups in total. The number of piperazine rings is 1. The number of hydrogen-bond donors (Lipinski definition) is 1. The summed E-state index contributed by atoms with van der Waals surface area (Å²) < 4.78 is 1.63. The van der Waals surface area contributed by atoms with Gasteiger partial charge in [-0.25, -0.2) is 14.5 Å². The molecule has 0 atom stereocenters. The van der Waals surface area contributed by atoms with Crippen LogP contribution >= 0.6 is 11.3 Å². The molecule has 3 aromatic heterocycles. The van der Waals surface area contributed by atoms with E-state index in [1.165, 1.54) is 6.20 Å². The third-order valence-corrected chi connectivity index (χ3v) is 6.59. The number of nitrogens with zero attached hydrogens (tertiary/aromatic N) is 6. The number of aromatic nitrogens is 4. The van der Waals surface area contributed by atoms with Crippen LogP contribution < -0.4 is 10.6 Å². The molecular formula is C20H25N7O2S. The minimum absolute atomic E-state index is 0.141. The Morgan fingerprint density at radius 2 is 1.87 bits per heavy atom. The number of carbonyl (C=O) groups is 2. The summed E-state index contributed by atoms with van der Waals surface area (Å²) in [6, 6.07) is 0. The molecule has 1 saturated heterocycles. The maximum absolute atomic E-state index is 12.8. The number of anilines is 1. The van der Waals surface area contributed by atoms with Crippen LogP contribution in [0.15, 0.2) is 11.6 Å². The summed E-state index contributed by atoms with van der Waals surface area (Å²) in [4.78, 5) is 37.6. The average molecular weight is 428 g/mol. The third-order valence-electron chi connectivity index (χ3n) is 5.57. The van der Waals surface area contributed by atoms with E-state index in [0.29, 0.717) is 37.1 Å². The number of thiazole rings is 1. The van der Waals surface area contributed by atoms with E-state index in [1.54, 1.807) is 15.9 Å². The predicted molar refractivity (Wildman–Crippen MR) is 115 cm³/mol. The molecule has 0 bridgehead atoms. The van der Waals surface area contributed by atoms with Gasteiger partial charge >= 0.3 is 0 Å². The van der Waals surface area contributed by atoms with Crippen molar-refractivity contribution >= 4 is 33.9 Å². The Kier molecular flexibility index (Phi) is 5.42. The average Bonchev–Trinajstić information content (AvgIpc) is 3.34. The van der Waals surface area contributed by atoms with Crippen LogP contribution in [0.3, 0.4) is 0 Å². The van der Waals surface area contributed by atoms with Gasteiger partial charge in [-0.15, -0.1) is 11.3 Å². The molecule has 4 rings (SSSR count). The molecular weight excluding hydrogens is 402 g/mol. The van der Waals surface area contributed by atoms with Crippen LogP contribution in [0.25, 0.3) is 5.65 Å². The predicted octanol–water partition coefficient (Wildman–Crippen LogP) is 1.49. The van der Waals surface area contributed by atoms with Crippen molar-refractivity contribution in [3.63, 3.8) is 0 Å². The van der Waals surface area contributed by atoms with Gasteiger partial charge in [0.05, 0.1) is 11.9 Å². The molecule has 0 unspecified atom stereocenters. The molecule has 1 aliphatic rings. The van der Waals surface area contributed by atoms with Crippen LogP contribution in [0.2, 0.25) is 0 Å². The van der Waals surface area contributed by atoms with Gasteiger partial charge in [-0.1, -0.05) is 0 Å². The van der Waals surface area contributed by atoms with Crippen molar-refractivity contribution in [2.45, 2.75) is 33.6 Å². The van der Waals surface area contributed by atoms with Gasteiger partial charge in [0, 0.05) is 49.4 Å². The lowest BCUT2D eigenvalue weighted by Crippen LogP contribution is -2.48. The van der Waals surface area contributed by atoms with Gasteiger partial charge < -0.3 is 15.5 Å². The highest BCUT2D eigenvalue weighted by molar-refractivity contribution is 7.13. The molecule has 0 aromatic carbocycles. The fraction of sp³-hybridized carbons (Fsp3) is 0.450. The Morgan fingerprint density at radius 3 is 2.50 bits per heavy atom. The van der Waals surface area contributed by atoms with Crippen molar-refractivity contribution in [3.05, 3.63) is 39.8 Å². The van der Waals surface area contributed by atoms with Crippen molar-refractivity contribution in [1.82, 2.24) is 24.5 Å². The van der Waals surface area contributed by atoms with Crippen molar-refractivity contribution in [3.8, 4) is 0 Å². The first kappa shape index (κ1) is 20.3. The summed E-state index contributed by atoms with van der Waals surface area (Å²) in [5.74, 6) is -0.409. The topological polar surface area (TPSA) is 110 Å². The number of amides is 2. The smallest absolute Gasteiger partial charge is 0.254 e. The highest BCUT2D eigenvalue weighted by atomic mass is 32.1. The second-order valence-corrected chi connectivity index (χ2v) is 8.39. The lowest BCUT2D eigenvalue weighted by Gasteiger charge is -2.34. The third kappa shape index (κ3) is 3.74. The van der Waals surface area contributed by atoms with Gasteiger partial charge in [-0.05, 0) is 32.8 Å². The number of rotatable bonds is 5. The van der Waals surface area contributed by atoms with Crippen LogP contribution in [0, 0.1) is 20.8 Å². The molecule has 2 amide bonds. The van der Waals surface area contributed by atoms with Crippen LogP contribution in [0.1, 0.15) is 39.4 Å². The Balaban J connectivity index is 1.40. The molecule has 1 fully saturated rings. The van der Waals surface area contributed by atoms with Gasteiger partial charge in [-0.3, -0.25) is 9.59 Å². The Bertz CT molecular complexity index is 1110. The van der Waals surface area contributed by atoms with Gasteiger partial charge in [0.2, 0.25) is 5.91 Å². The van der Waals surface area contributed by atoms with Crippen LogP contribution in [-0.4, -0.2) is 62.5 Å². The Hall–Kier alpha value is -3.01. The maximum Gasteiger partial charge on any atom is 0.254 e. The molecule has 9 nitrogen and oxygen atoms in total. The number of carbonyl (C=O) groups excluding carboxylic acids is 2. The van der Waals surface area contributed by atoms with E-state index in [0.717, 1.165) is 40.9 Å². The standard InChI is InChI=1S/C20H25N7O2S/c1-12-11-30-20(23-12)26-8-6-25(7-9-26)17(28)5-4-15-13(2)24-19-16(18(21)29)10-22-27(19)14(15)3/h10-11H,4-9H2,1-3H3,(H2,21,29). The van der Waals surface area contributed by atoms with E-state index < -0.39 is 5.91 Å². The van der Waals surface area contributed by atoms with Gasteiger partial charge in [-0.2, -0.15) is 5.10 Å². The highest BCUT2D eigenvalue weighted by Crippen LogP contribution is 2.22. The lowest BCUT2D eigenvalue weighted by atomic mass is 10.1. The number of primary amides is 1. The van der Waals surface area contributed by atoms with Crippen LogP contribution in [-0.2, 0) is 11.2 Å². The van der Waals surface area contributed by atoms with Crippen LogP contribution in [0.5, 0.6) is 0 Å². The Morgan fingerprint density at radius 1 is 1.13 bits per heavy atom. The van der Waals surface area contributed by atoms with Crippen molar-refractivity contribution in [2.75, 3.05) is 31.1 Å². The largest absolute Gasteiger partial charge is 0.365 e. The molecule has 10 heteroatoms. The van der Waals surface area contributed by atoms with Crippen molar-refractivity contribution < 1.29 is 9.59 Å². The van der Waals surface area contributed by atoms with Crippen molar-refractivity contribution in [1.29, 1.82) is 0 Å². The first-order chi connectivity index (χ1) is 14.3. The summed E-state index contributed by atoms with van der Waals surface area (Å²) in [6.07, 6.45) is 2.43. The van der Waals surface area contributed by atoms with E-state index in [4.69, 9.17) is 5.73 Å². The first-order valence-corrected chi connectivity index (χ1v) is 10.8. The molecule has 0 spiro atoms. The molecule has 158 valence electrons. The lowest BCUT2D eigenvalue weighted by molar-refractivity contribution is -0.131. The van der Waals surface area contributed by atoms with Gasteiger partial charge in [0.25, 0.3) is 5.91 Å². The van der Waals surface area contributed by atoms with E-state index in [9.17, 15) is 9.59 Å². The summed E-state index contributed by atoms with van der Waals surface area (Å²) in [5.41, 5.74) is 9.84. The molecule has 3 aromatic rings. The van der Waals surface area contributed by atoms with Gasteiger partial charge in [0.1, 0.15) is 5.56 Å². The second-order valence-electron chi connectivity index (χ2n) is 7.56. The monoisotopic (exact) mass is 427 g/mol. The molecule has 1 aliphatic heterocycles. The quantitative estimate of drug-likeness (QED) is 0.661. The van der Waals surface area contributed by atoms with Crippen LogP contribution in [0.4, 0.5) is 5.13 Å². The number of hydrogen-bond acceptors (Lipinski definition) is 7. The zero-order valence-corrected chi connectivity index (χ0v) is 18.2. The van der Waals surface area contributed by atoms with E-state index in [1.807, 2.05) is 31.1 Å². The highest BCUT2D eigenvalue weighted by Gasteiger charge is 2.23. The zero-order valence-electron chi connectivity index (χ0n) is 17.4. The van der Waals surface area contributed by atoms with E-state index in [2.05, 4.69) is 20.0 Å². The zero-order chi connectivity index (χ0) is 21.4. The summed E-state index contributed by atoms with van der Waals surface area (Å²) in [6.45, 7) is 8.81. The normalized spacial score (nSPS) is 14.5. The second kappa shape index (κ2) is 8.02. The van der Waals surface area contributed by atoms with Crippen molar-refractivity contribution in [2.24, 2.45) is 5.73 Å².